The third kappa shape index (κ3) is 7.44. The Morgan fingerprint density at radius 1 is 1.36 bits per heavy atom. The summed E-state index contributed by atoms with van der Waals surface area (Å²) in [4.78, 5) is 18.3. The van der Waals surface area contributed by atoms with E-state index in [1.165, 1.54) is 6.07 Å². The predicted octanol–water partition coefficient (Wildman–Crippen LogP) is 3.17. The van der Waals surface area contributed by atoms with Crippen molar-refractivity contribution in [2.45, 2.75) is 52.2 Å². The van der Waals surface area contributed by atoms with Gasteiger partial charge in [0.05, 0.1) is 6.54 Å². The molecule has 6 nitrogen and oxygen atoms in total. The van der Waals surface area contributed by atoms with E-state index in [4.69, 9.17) is 4.74 Å². The number of aliphatic imine (C=N–C) groups is 1. The van der Waals surface area contributed by atoms with E-state index in [0.717, 1.165) is 25.9 Å². The monoisotopic (exact) mass is 506 g/mol. The molecule has 1 aliphatic heterocycles. The SMILES string of the molecule is CCNC(=NCC(CC)Oc1ccccc1F)NC1CCN(C(=O)CC)C1.I. The van der Waals surface area contributed by atoms with Crippen molar-refractivity contribution in [2.24, 2.45) is 4.99 Å². The van der Waals surface area contributed by atoms with Crippen molar-refractivity contribution in [3.8, 4) is 5.75 Å². The van der Waals surface area contributed by atoms with E-state index in [-0.39, 0.29) is 53.6 Å². The van der Waals surface area contributed by atoms with Gasteiger partial charge in [-0.2, -0.15) is 0 Å². The molecule has 8 heteroatoms. The Balaban J connectivity index is 0.00000392. The number of likely N-dealkylation sites (tertiary alicyclic amines) is 1. The average Bonchev–Trinajstić information content (AvgIpc) is 3.14. The topological polar surface area (TPSA) is 66.0 Å². The van der Waals surface area contributed by atoms with E-state index < -0.39 is 0 Å². The standard InChI is InChI=1S/C20H31FN4O2.HI/c1-4-16(27-18-10-8-7-9-17(18)21)13-23-20(22-6-3)24-15-11-12-25(14-15)19(26)5-2;/h7-10,15-16H,4-6,11-14H2,1-3H3,(H2,22,23,24);1H. The lowest BCUT2D eigenvalue weighted by Crippen LogP contribution is -2.45. The van der Waals surface area contributed by atoms with E-state index in [9.17, 15) is 9.18 Å². The molecule has 1 heterocycles. The van der Waals surface area contributed by atoms with Gasteiger partial charge in [-0.05, 0) is 31.9 Å². The first kappa shape index (κ1) is 24.5. The van der Waals surface area contributed by atoms with Gasteiger partial charge in [-0.3, -0.25) is 4.79 Å². The van der Waals surface area contributed by atoms with Crippen LogP contribution in [0.1, 0.15) is 40.0 Å². The Morgan fingerprint density at radius 3 is 2.75 bits per heavy atom. The summed E-state index contributed by atoms with van der Waals surface area (Å²) in [5.74, 6) is 0.771. The van der Waals surface area contributed by atoms with Crippen molar-refractivity contribution in [3.05, 3.63) is 30.1 Å². The number of hydrogen-bond donors (Lipinski definition) is 2. The molecule has 0 spiro atoms. The molecule has 2 unspecified atom stereocenters. The van der Waals surface area contributed by atoms with Crippen molar-refractivity contribution >= 4 is 35.8 Å². The van der Waals surface area contributed by atoms with E-state index in [2.05, 4.69) is 15.6 Å². The van der Waals surface area contributed by atoms with E-state index in [1.54, 1.807) is 18.2 Å². The number of nitrogens with one attached hydrogen (secondary N) is 2. The third-order valence-electron chi connectivity index (χ3n) is 4.57. The van der Waals surface area contributed by atoms with Crippen LogP contribution in [0.3, 0.4) is 0 Å². The number of benzene rings is 1. The minimum atomic E-state index is -0.364. The van der Waals surface area contributed by atoms with Gasteiger partial charge in [-0.1, -0.05) is 26.0 Å². The molecule has 0 aliphatic carbocycles. The zero-order valence-electron chi connectivity index (χ0n) is 16.9. The molecule has 2 N–H and O–H groups in total. The van der Waals surface area contributed by atoms with Crippen LogP contribution in [0, 0.1) is 5.82 Å². The zero-order valence-corrected chi connectivity index (χ0v) is 19.2. The second-order valence-electron chi connectivity index (χ2n) is 6.62. The molecule has 1 amide bonds. The summed E-state index contributed by atoms with van der Waals surface area (Å²) in [5.41, 5.74) is 0. The second-order valence-corrected chi connectivity index (χ2v) is 6.62. The molecule has 1 aromatic carbocycles. The summed E-state index contributed by atoms with van der Waals surface area (Å²) in [6, 6.07) is 6.60. The summed E-state index contributed by atoms with van der Waals surface area (Å²) < 4.78 is 19.6. The molecular formula is C20H32FIN4O2. The van der Waals surface area contributed by atoms with Crippen LogP contribution >= 0.6 is 24.0 Å². The number of nitrogens with zero attached hydrogens (tertiary/aromatic N) is 2. The lowest BCUT2D eigenvalue weighted by Gasteiger charge is -2.20. The van der Waals surface area contributed by atoms with Crippen LogP contribution in [-0.2, 0) is 4.79 Å². The van der Waals surface area contributed by atoms with Crippen LogP contribution in [0.2, 0.25) is 0 Å². The highest BCUT2D eigenvalue weighted by molar-refractivity contribution is 14.0. The van der Waals surface area contributed by atoms with Gasteiger partial charge in [0.2, 0.25) is 5.91 Å². The summed E-state index contributed by atoms with van der Waals surface area (Å²) in [6.45, 7) is 8.51. The number of rotatable bonds is 8. The third-order valence-corrected chi connectivity index (χ3v) is 4.57. The largest absolute Gasteiger partial charge is 0.485 e. The van der Waals surface area contributed by atoms with Gasteiger partial charge in [-0.15, -0.1) is 24.0 Å². The highest BCUT2D eigenvalue weighted by Gasteiger charge is 2.25. The Morgan fingerprint density at radius 2 is 2.11 bits per heavy atom. The van der Waals surface area contributed by atoms with E-state index >= 15 is 0 Å². The van der Waals surface area contributed by atoms with Crippen LogP contribution in [0.25, 0.3) is 0 Å². The van der Waals surface area contributed by atoms with Crippen molar-refractivity contribution in [3.63, 3.8) is 0 Å². The normalized spacial score (nSPS) is 17.6. The van der Waals surface area contributed by atoms with Gasteiger partial charge in [0.25, 0.3) is 0 Å². The number of ether oxygens (including phenoxy) is 1. The highest BCUT2D eigenvalue weighted by atomic mass is 127. The van der Waals surface area contributed by atoms with Gasteiger partial charge in [-0.25, -0.2) is 9.38 Å². The Bertz CT molecular complexity index is 644. The first-order valence-electron chi connectivity index (χ1n) is 9.81. The lowest BCUT2D eigenvalue weighted by atomic mass is 10.2. The number of halogens is 2. The van der Waals surface area contributed by atoms with Gasteiger partial charge >= 0.3 is 0 Å². The van der Waals surface area contributed by atoms with Crippen LogP contribution < -0.4 is 15.4 Å². The maximum Gasteiger partial charge on any atom is 0.222 e. The molecule has 1 aromatic rings. The highest BCUT2D eigenvalue weighted by Crippen LogP contribution is 2.18. The molecule has 1 saturated heterocycles. The van der Waals surface area contributed by atoms with Crippen LogP contribution in [0.15, 0.2) is 29.3 Å². The Kier molecular flexibility index (Phi) is 11.2. The molecule has 158 valence electrons. The van der Waals surface area contributed by atoms with Crippen molar-refractivity contribution < 1.29 is 13.9 Å². The molecule has 2 rings (SSSR count). The summed E-state index contributed by atoms with van der Waals surface area (Å²) in [7, 11) is 0. The number of amides is 1. The van der Waals surface area contributed by atoms with Gasteiger partial charge < -0.3 is 20.3 Å². The molecule has 1 fully saturated rings. The first-order chi connectivity index (χ1) is 13.1. The van der Waals surface area contributed by atoms with Crippen LogP contribution in [0.4, 0.5) is 4.39 Å². The van der Waals surface area contributed by atoms with Crippen molar-refractivity contribution in [2.75, 3.05) is 26.2 Å². The van der Waals surface area contributed by atoms with Crippen LogP contribution in [-0.4, -0.2) is 55.1 Å². The fraction of sp³-hybridized carbons (Fsp3) is 0.600. The Hall–Kier alpha value is -1.58. The second kappa shape index (κ2) is 12.8. The summed E-state index contributed by atoms with van der Waals surface area (Å²) in [6.07, 6.45) is 1.95. The van der Waals surface area contributed by atoms with Gasteiger partial charge in [0.15, 0.2) is 17.5 Å². The maximum atomic E-state index is 13.8. The van der Waals surface area contributed by atoms with Gasteiger partial charge in [0, 0.05) is 32.1 Å². The molecule has 28 heavy (non-hydrogen) atoms. The molecule has 0 radical (unpaired) electrons. The van der Waals surface area contributed by atoms with Crippen molar-refractivity contribution in [1.82, 2.24) is 15.5 Å². The number of carbonyl (C=O) groups excluding carboxylic acids is 1. The number of guanidine groups is 1. The maximum absolute atomic E-state index is 13.8. The predicted molar refractivity (Wildman–Crippen MR) is 121 cm³/mol. The smallest absolute Gasteiger partial charge is 0.222 e. The number of para-hydroxylation sites is 1. The number of hydrogen-bond acceptors (Lipinski definition) is 3. The fourth-order valence-corrected chi connectivity index (χ4v) is 3.00. The molecule has 1 aliphatic rings. The van der Waals surface area contributed by atoms with Crippen LogP contribution in [0.5, 0.6) is 5.75 Å². The van der Waals surface area contributed by atoms with Crippen molar-refractivity contribution in [1.29, 1.82) is 0 Å². The quantitative estimate of drug-likeness (QED) is 0.323. The Labute approximate surface area is 184 Å². The average molecular weight is 506 g/mol. The lowest BCUT2D eigenvalue weighted by molar-refractivity contribution is -0.129. The first-order valence-corrected chi connectivity index (χ1v) is 9.81. The summed E-state index contributed by atoms with van der Waals surface area (Å²) in [5, 5.41) is 6.62. The molecule has 0 saturated carbocycles. The molecule has 0 aromatic heterocycles. The van der Waals surface area contributed by atoms with E-state index in [0.29, 0.717) is 25.5 Å². The molecule has 0 bridgehead atoms. The summed E-state index contributed by atoms with van der Waals surface area (Å²) >= 11 is 0. The minimum Gasteiger partial charge on any atom is -0.485 e. The van der Waals surface area contributed by atoms with Gasteiger partial charge in [0.1, 0.15) is 6.10 Å². The number of carbonyl (C=O) groups is 1. The van der Waals surface area contributed by atoms with E-state index in [1.807, 2.05) is 25.7 Å². The molecular weight excluding hydrogens is 474 g/mol. The zero-order chi connectivity index (χ0) is 19.6. The fourth-order valence-electron chi connectivity index (χ4n) is 3.00. The molecule has 2 atom stereocenters. The minimum absolute atomic E-state index is 0.